The Labute approximate surface area is 176 Å². The lowest BCUT2D eigenvalue weighted by Gasteiger charge is -2.31. The molecule has 1 saturated heterocycles. The Morgan fingerprint density at radius 1 is 1.20 bits per heavy atom. The summed E-state index contributed by atoms with van der Waals surface area (Å²) in [5, 5.41) is 18.2. The summed E-state index contributed by atoms with van der Waals surface area (Å²) in [7, 11) is 0. The number of aromatic nitrogens is 2. The molecule has 1 aromatic heterocycles. The van der Waals surface area contributed by atoms with Gasteiger partial charge in [-0.05, 0) is 49.2 Å². The van der Waals surface area contributed by atoms with E-state index in [-0.39, 0.29) is 17.6 Å². The van der Waals surface area contributed by atoms with Crippen molar-refractivity contribution in [3.63, 3.8) is 0 Å². The van der Waals surface area contributed by atoms with Crippen molar-refractivity contribution in [3.05, 3.63) is 69.6 Å². The summed E-state index contributed by atoms with van der Waals surface area (Å²) in [5.41, 5.74) is 1.27. The van der Waals surface area contributed by atoms with Crippen molar-refractivity contribution in [2.45, 2.75) is 18.8 Å². The second-order valence-corrected chi connectivity index (χ2v) is 7.42. The van der Waals surface area contributed by atoms with Gasteiger partial charge < -0.3 is 14.7 Å². The molecule has 30 heavy (non-hydrogen) atoms. The number of likely N-dealkylation sites (tertiary alicyclic amines) is 1. The molecule has 1 aliphatic rings. The van der Waals surface area contributed by atoms with Gasteiger partial charge in [-0.1, -0.05) is 16.8 Å². The van der Waals surface area contributed by atoms with Crippen molar-refractivity contribution < 1.29 is 14.2 Å². The Morgan fingerprint density at radius 2 is 1.93 bits per heavy atom. The van der Waals surface area contributed by atoms with Gasteiger partial charge in [0.05, 0.1) is 10.8 Å². The number of piperidine rings is 1. The van der Waals surface area contributed by atoms with Crippen molar-refractivity contribution in [2.24, 2.45) is 0 Å². The highest BCUT2D eigenvalue weighted by Gasteiger charge is 2.29. The van der Waals surface area contributed by atoms with E-state index >= 15 is 0 Å². The number of amides is 2. The molecule has 10 heteroatoms. The zero-order valence-corrected chi connectivity index (χ0v) is 16.6. The quantitative estimate of drug-likeness (QED) is 0.476. The highest BCUT2D eigenvalue weighted by Crippen LogP contribution is 2.28. The highest BCUT2D eigenvalue weighted by atomic mass is 35.5. The van der Waals surface area contributed by atoms with E-state index in [1.54, 1.807) is 17.0 Å². The van der Waals surface area contributed by atoms with Gasteiger partial charge in [0.15, 0.2) is 0 Å². The van der Waals surface area contributed by atoms with Crippen molar-refractivity contribution in [3.8, 4) is 11.4 Å². The van der Waals surface area contributed by atoms with Gasteiger partial charge in [-0.15, -0.1) is 0 Å². The summed E-state index contributed by atoms with van der Waals surface area (Å²) in [5.74, 6) is 0.914. The van der Waals surface area contributed by atoms with E-state index in [0.717, 1.165) is 18.4 Å². The molecule has 0 radical (unpaired) electrons. The number of urea groups is 1. The molecule has 1 aliphatic heterocycles. The van der Waals surface area contributed by atoms with Gasteiger partial charge in [0.25, 0.3) is 5.69 Å². The van der Waals surface area contributed by atoms with E-state index in [9.17, 15) is 14.9 Å². The first-order valence-corrected chi connectivity index (χ1v) is 9.77. The molecule has 2 heterocycles. The molecule has 0 saturated carbocycles. The fraction of sp³-hybridized carbons (Fsp3) is 0.250. The van der Waals surface area contributed by atoms with Gasteiger partial charge >= 0.3 is 6.03 Å². The number of rotatable bonds is 4. The molecule has 1 fully saturated rings. The standard InChI is InChI=1S/C20H18ClN5O4/c21-15-5-3-13(4-6-15)18-23-19(30-24-18)14-2-1-11-25(12-14)20(27)22-16-7-9-17(10-8-16)26(28)29/h3-10,14H,1-2,11-12H2,(H,22,27). The van der Waals surface area contributed by atoms with Crippen LogP contribution in [0, 0.1) is 10.1 Å². The molecule has 3 aromatic rings. The average molecular weight is 428 g/mol. The number of hydrogen-bond donors (Lipinski definition) is 1. The Hall–Kier alpha value is -3.46. The van der Waals surface area contributed by atoms with E-state index in [1.807, 2.05) is 12.1 Å². The normalized spacial score (nSPS) is 16.3. The number of halogens is 1. The zero-order chi connectivity index (χ0) is 21.1. The Morgan fingerprint density at radius 3 is 2.63 bits per heavy atom. The van der Waals surface area contributed by atoms with Gasteiger partial charge in [-0.25, -0.2) is 4.79 Å². The molecule has 9 nitrogen and oxygen atoms in total. The van der Waals surface area contributed by atoms with Crippen LogP contribution in [0.25, 0.3) is 11.4 Å². The van der Waals surface area contributed by atoms with Crippen LogP contribution in [-0.4, -0.2) is 39.1 Å². The summed E-state index contributed by atoms with van der Waals surface area (Å²) < 4.78 is 5.45. The molecule has 1 N–H and O–H groups in total. The van der Waals surface area contributed by atoms with Crippen LogP contribution in [0.4, 0.5) is 16.2 Å². The summed E-state index contributed by atoms with van der Waals surface area (Å²) in [6.07, 6.45) is 1.64. The van der Waals surface area contributed by atoms with Gasteiger partial charge in [-0.2, -0.15) is 4.98 Å². The van der Waals surface area contributed by atoms with Crippen molar-refractivity contribution >= 4 is 29.0 Å². The van der Waals surface area contributed by atoms with Crippen LogP contribution in [-0.2, 0) is 0 Å². The Balaban J connectivity index is 1.41. The van der Waals surface area contributed by atoms with Crippen LogP contribution in [0.3, 0.4) is 0 Å². The number of nitrogens with zero attached hydrogens (tertiary/aromatic N) is 4. The minimum atomic E-state index is -0.483. The molecule has 1 atom stereocenters. The summed E-state index contributed by atoms with van der Waals surface area (Å²) in [6, 6.07) is 12.6. The van der Waals surface area contributed by atoms with Gasteiger partial charge in [-0.3, -0.25) is 10.1 Å². The minimum Gasteiger partial charge on any atom is -0.339 e. The first-order chi connectivity index (χ1) is 14.5. The summed E-state index contributed by atoms with van der Waals surface area (Å²) in [4.78, 5) is 29.1. The SMILES string of the molecule is O=C(Nc1ccc([N+](=O)[O-])cc1)N1CCCC(c2nc(-c3ccc(Cl)cc3)no2)C1. The lowest BCUT2D eigenvalue weighted by Crippen LogP contribution is -2.41. The predicted octanol–water partition coefficient (Wildman–Crippen LogP) is 4.71. The number of carbonyl (C=O) groups excluding carboxylic acids is 1. The van der Waals surface area contributed by atoms with Gasteiger partial charge in [0.2, 0.25) is 11.7 Å². The first kappa shape index (κ1) is 19.8. The number of nitro benzene ring substituents is 1. The molecule has 2 aromatic carbocycles. The van der Waals surface area contributed by atoms with E-state index in [1.165, 1.54) is 24.3 Å². The smallest absolute Gasteiger partial charge is 0.321 e. The largest absolute Gasteiger partial charge is 0.339 e. The Bertz CT molecular complexity index is 1050. The molecule has 2 amide bonds. The van der Waals surface area contributed by atoms with Crippen LogP contribution < -0.4 is 5.32 Å². The maximum atomic E-state index is 12.6. The fourth-order valence-electron chi connectivity index (χ4n) is 3.35. The van der Waals surface area contributed by atoms with Crippen LogP contribution in [0.1, 0.15) is 24.7 Å². The molecule has 0 bridgehead atoms. The molecule has 4 rings (SSSR count). The molecule has 0 spiro atoms. The van der Waals surface area contributed by atoms with E-state index in [2.05, 4.69) is 15.5 Å². The third kappa shape index (κ3) is 4.41. The molecular formula is C20H18ClN5O4. The van der Waals surface area contributed by atoms with Crippen LogP contribution in [0.5, 0.6) is 0 Å². The average Bonchev–Trinajstić information content (AvgIpc) is 3.25. The second kappa shape index (κ2) is 8.50. The lowest BCUT2D eigenvalue weighted by atomic mass is 9.98. The maximum Gasteiger partial charge on any atom is 0.321 e. The topological polar surface area (TPSA) is 114 Å². The van der Waals surface area contributed by atoms with Crippen LogP contribution >= 0.6 is 11.6 Å². The summed E-state index contributed by atoms with van der Waals surface area (Å²) in [6.45, 7) is 1.05. The van der Waals surface area contributed by atoms with E-state index < -0.39 is 4.92 Å². The van der Waals surface area contributed by atoms with Crippen molar-refractivity contribution in [1.82, 2.24) is 15.0 Å². The fourth-order valence-corrected chi connectivity index (χ4v) is 3.48. The zero-order valence-electron chi connectivity index (χ0n) is 15.8. The monoisotopic (exact) mass is 427 g/mol. The molecule has 154 valence electrons. The number of carbonyl (C=O) groups is 1. The van der Waals surface area contributed by atoms with Gasteiger partial charge in [0, 0.05) is 41.5 Å². The third-order valence-corrected chi connectivity index (χ3v) is 5.18. The van der Waals surface area contributed by atoms with Crippen LogP contribution in [0.2, 0.25) is 5.02 Å². The minimum absolute atomic E-state index is 0.0288. The molecule has 0 aliphatic carbocycles. The van der Waals surface area contributed by atoms with Crippen molar-refractivity contribution in [2.75, 3.05) is 18.4 Å². The number of nitrogens with one attached hydrogen (secondary N) is 1. The maximum absolute atomic E-state index is 12.6. The van der Waals surface area contributed by atoms with Crippen LogP contribution in [0.15, 0.2) is 53.1 Å². The summed E-state index contributed by atoms with van der Waals surface area (Å²) >= 11 is 5.91. The second-order valence-electron chi connectivity index (χ2n) is 6.98. The first-order valence-electron chi connectivity index (χ1n) is 9.39. The van der Waals surface area contributed by atoms with E-state index in [4.69, 9.17) is 16.1 Å². The number of nitro groups is 1. The van der Waals surface area contributed by atoms with Crippen molar-refractivity contribution in [1.29, 1.82) is 0 Å². The third-order valence-electron chi connectivity index (χ3n) is 4.93. The van der Waals surface area contributed by atoms with Gasteiger partial charge in [0.1, 0.15) is 0 Å². The highest BCUT2D eigenvalue weighted by molar-refractivity contribution is 6.30. The number of benzene rings is 2. The lowest BCUT2D eigenvalue weighted by molar-refractivity contribution is -0.384. The van der Waals surface area contributed by atoms with E-state index in [0.29, 0.717) is 35.5 Å². The molecule has 1 unspecified atom stereocenters. The molecular weight excluding hydrogens is 410 g/mol. The number of anilines is 1. The predicted molar refractivity (Wildman–Crippen MR) is 110 cm³/mol. The number of hydrogen-bond acceptors (Lipinski definition) is 6. The Kier molecular flexibility index (Phi) is 5.62. The number of non-ortho nitro benzene ring substituents is 1.